The van der Waals surface area contributed by atoms with Crippen molar-refractivity contribution in [2.75, 3.05) is 32.8 Å². The smallest absolute Gasteiger partial charge is 0.317 e. The summed E-state index contributed by atoms with van der Waals surface area (Å²) in [7, 11) is 0. The van der Waals surface area contributed by atoms with Crippen molar-refractivity contribution in [3.63, 3.8) is 0 Å². The fourth-order valence-electron chi connectivity index (χ4n) is 4.80. The van der Waals surface area contributed by atoms with E-state index in [1.807, 2.05) is 42.2 Å². The Morgan fingerprint density at radius 2 is 1.84 bits per heavy atom. The van der Waals surface area contributed by atoms with Crippen LogP contribution in [0.15, 0.2) is 48.5 Å². The molecule has 2 heterocycles. The van der Waals surface area contributed by atoms with Gasteiger partial charge in [-0.25, -0.2) is 4.79 Å². The Balaban J connectivity index is 1.21. The van der Waals surface area contributed by atoms with Crippen molar-refractivity contribution in [3.8, 4) is 5.75 Å². The van der Waals surface area contributed by atoms with Crippen molar-refractivity contribution in [3.05, 3.63) is 64.7 Å². The van der Waals surface area contributed by atoms with Gasteiger partial charge in [-0.3, -0.25) is 0 Å². The maximum absolute atomic E-state index is 12.6. The summed E-state index contributed by atoms with van der Waals surface area (Å²) in [5.41, 5.74) is 2.36. The molecule has 0 bridgehead atoms. The van der Waals surface area contributed by atoms with E-state index in [-0.39, 0.29) is 12.1 Å². The molecule has 6 heteroatoms. The van der Waals surface area contributed by atoms with Crippen LogP contribution in [0.3, 0.4) is 0 Å². The Labute approximate surface area is 196 Å². The highest BCUT2D eigenvalue weighted by molar-refractivity contribution is 6.31. The Morgan fingerprint density at radius 1 is 1.06 bits per heavy atom. The minimum atomic E-state index is 0.0591. The van der Waals surface area contributed by atoms with E-state index in [0.717, 1.165) is 62.6 Å². The van der Waals surface area contributed by atoms with E-state index in [1.165, 1.54) is 11.1 Å². The molecule has 0 radical (unpaired) electrons. The van der Waals surface area contributed by atoms with Gasteiger partial charge in [0.15, 0.2) is 0 Å². The highest BCUT2D eigenvalue weighted by atomic mass is 35.5. The zero-order chi connectivity index (χ0) is 22.3. The molecule has 0 aliphatic carbocycles. The standard InChI is InChI=1S/C26H34ClN3O2/c1-2-32-24-8-9-25(27)22(17-24)16-20-10-13-29(14-11-20)19-23-12-15-30(26(31)28-23)18-21-6-4-3-5-7-21/h3-9,17,20,23H,2,10-16,18-19H2,1H3,(H,28,31). The zero-order valence-electron chi connectivity index (χ0n) is 18.9. The summed E-state index contributed by atoms with van der Waals surface area (Å²) in [6.45, 7) is 7.26. The lowest BCUT2D eigenvalue weighted by molar-refractivity contribution is 0.136. The predicted octanol–water partition coefficient (Wildman–Crippen LogP) is 4.98. The largest absolute Gasteiger partial charge is 0.494 e. The van der Waals surface area contributed by atoms with Gasteiger partial charge in [0.05, 0.1) is 6.61 Å². The fraction of sp³-hybridized carbons (Fsp3) is 0.500. The maximum atomic E-state index is 12.6. The molecule has 2 saturated heterocycles. The Hall–Kier alpha value is -2.24. The van der Waals surface area contributed by atoms with E-state index < -0.39 is 0 Å². The van der Waals surface area contributed by atoms with E-state index in [2.05, 4.69) is 28.4 Å². The lowest BCUT2D eigenvalue weighted by Crippen LogP contribution is -2.55. The number of hydrogen-bond acceptors (Lipinski definition) is 3. The lowest BCUT2D eigenvalue weighted by atomic mass is 9.90. The summed E-state index contributed by atoms with van der Waals surface area (Å²) in [5, 5.41) is 4.06. The van der Waals surface area contributed by atoms with Gasteiger partial charge in [0.25, 0.3) is 0 Å². The first-order valence-corrected chi connectivity index (χ1v) is 12.2. The van der Waals surface area contributed by atoms with Crippen LogP contribution in [0.25, 0.3) is 0 Å². The van der Waals surface area contributed by atoms with Crippen LogP contribution in [0.4, 0.5) is 4.79 Å². The number of benzene rings is 2. The molecular formula is C26H34ClN3O2. The number of hydrogen-bond donors (Lipinski definition) is 1. The van der Waals surface area contributed by atoms with Crippen LogP contribution in [0.1, 0.15) is 37.3 Å². The van der Waals surface area contributed by atoms with Crippen LogP contribution in [-0.4, -0.2) is 54.7 Å². The molecule has 1 atom stereocenters. The number of carbonyl (C=O) groups is 1. The van der Waals surface area contributed by atoms with E-state index in [4.69, 9.17) is 16.3 Å². The third-order valence-corrected chi connectivity index (χ3v) is 6.97. The van der Waals surface area contributed by atoms with Crippen molar-refractivity contribution >= 4 is 17.6 Å². The van der Waals surface area contributed by atoms with Gasteiger partial charge in [-0.15, -0.1) is 0 Å². The molecule has 0 aromatic heterocycles. The molecule has 2 fully saturated rings. The summed E-state index contributed by atoms with van der Waals surface area (Å²) in [6, 6.07) is 16.5. The van der Waals surface area contributed by atoms with E-state index in [0.29, 0.717) is 19.1 Å². The Bertz CT molecular complexity index is 884. The second-order valence-corrected chi connectivity index (χ2v) is 9.38. The first kappa shape index (κ1) is 22.9. The molecule has 2 amide bonds. The van der Waals surface area contributed by atoms with Gasteiger partial charge < -0.3 is 19.9 Å². The number of urea groups is 1. The van der Waals surface area contributed by atoms with Crippen LogP contribution in [-0.2, 0) is 13.0 Å². The van der Waals surface area contributed by atoms with Gasteiger partial charge >= 0.3 is 6.03 Å². The van der Waals surface area contributed by atoms with Crippen LogP contribution >= 0.6 is 11.6 Å². The van der Waals surface area contributed by atoms with Gasteiger partial charge in [0.1, 0.15) is 5.75 Å². The molecule has 0 saturated carbocycles. The topological polar surface area (TPSA) is 44.8 Å². The van der Waals surface area contributed by atoms with Crippen molar-refractivity contribution in [1.29, 1.82) is 0 Å². The average Bonchev–Trinajstić information content (AvgIpc) is 2.80. The van der Waals surface area contributed by atoms with Crippen molar-refractivity contribution in [2.24, 2.45) is 5.92 Å². The normalized spacial score (nSPS) is 20.2. The molecule has 5 nitrogen and oxygen atoms in total. The van der Waals surface area contributed by atoms with Gasteiger partial charge in [-0.2, -0.15) is 0 Å². The summed E-state index contributed by atoms with van der Waals surface area (Å²) in [6.07, 6.45) is 4.33. The van der Waals surface area contributed by atoms with E-state index in [9.17, 15) is 4.79 Å². The minimum absolute atomic E-state index is 0.0591. The first-order chi connectivity index (χ1) is 15.6. The quantitative estimate of drug-likeness (QED) is 0.610. The van der Waals surface area contributed by atoms with Crippen LogP contribution in [0.5, 0.6) is 5.75 Å². The number of ether oxygens (including phenoxy) is 1. The molecular weight excluding hydrogens is 422 g/mol. The highest BCUT2D eigenvalue weighted by Crippen LogP contribution is 2.29. The molecule has 172 valence electrons. The lowest BCUT2D eigenvalue weighted by Gasteiger charge is -2.38. The molecule has 1 unspecified atom stereocenters. The third-order valence-electron chi connectivity index (χ3n) is 6.60. The molecule has 2 aromatic carbocycles. The molecule has 2 aliphatic heterocycles. The first-order valence-electron chi connectivity index (χ1n) is 11.8. The van der Waals surface area contributed by atoms with E-state index in [1.54, 1.807) is 0 Å². The Kier molecular flexibility index (Phi) is 7.93. The third kappa shape index (κ3) is 6.17. The van der Waals surface area contributed by atoms with Crippen molar-refractivity contribution in [2.45, 2.75) is 45.2 Å². The minimum Gasteiger partial charge on any atom is -0.494 e. The number of halogens is 1. The molecule has 1 N–H and O–H groups in total. The van der Waals surface area contributed by atoms with Gasteiger partial charge in [0, 0.05) is 30.7 Å². The van der Waals surface area contributed by atoms with E-state index >= 15 is 0 Å². The molecule has 2 aliphatic rings. The number of nitrogens with zero attached hydrogens (tertiary/aromatic N) is 2. The maximum Gasteiger partial charge on any atom is 0.317 e. The predicted molar refractivity (Wildman–Crippen MR) is 129 cm³/mol. The molecule has 2 aromatic rings. The number of piperidine rings is 1. The number of carbonyl (C=O) groups excluding carboxylic acids is 1. The number of amides is 2. The molecule has 32 heavy (non-hydrogen) atoms. The molecule has 0 spiro atoms. The Morgan fingerprint density at radius 3 is 2.56 bits per heavy atom. The highest BCUT2D eigenvalue weighted by Gasteiger charge is 2.28. The van der Waals surface area contributed by atoms with Crippen LogP contribution < -0.4 is 10.1 Å². The van der Waals surface area contributed by atoms with Crippen molar-refractivity contribution < 1.29 is 9.53 Å². The number of rotatable bonds is 8. The summed E-state index contributed by atoms with van der Waals surface area (Å²) < 4.78 is 5.64. The van der Waals surface area contributed by atoms with Gasteiger partial charge in [-0.1, -0.05) is 41.9 Å². The SMILES string of the molecule is CCOc1ccc(Cl)c(CC2CCN(CC3CCN(Cc4ccccc4)C(=O)N3)CC2)c1. The fourth-order valence-corrected chi connectivity index (χ4v) is 5.00. The summed E-state index contributed by atoms with van der Waals surface area (Å²) in [5.74, 6) is 1.54. The van der Waals surface area contributed by atoms with Crippen molar-refractivity contribution in [1.82, 2.24) is 15.1 Å². The van der Waals surface area contributed by atoms with Gasteiger partial charge in [-0.05, 0) is 80.9 Å². The van der Waals surface area contributed by atoms with Crippen LogP contribution in [0, 0.1) is 5.92 Å². The second-order valence-electron chi connectivity index (χ2n) is 8.98. The number of nitrogens with one attached hydrogen (secondary N) is 1. The van der Waals surface area contributed by atoms with Crippen LogP contribution in [0.2, 0.25) is 5.02 Å². The summed E-state index contributed by atoms with van der Waals surface area (Å²) in [4.78, 5) is 17.0. The monoisotopic (exact) mass is 455 g/mol. The average molecular weight is 456 g/mol. The second kappa shape index (κ2) is 11.1. The molecule has 4 rings (SSSR count). The zero-order valence-corrected chi connectivity index (χ0v) is 19.7. The van der Waals surface area contributed by atoms with Gasteiger partial charge in [0.2, 0.25) is 0 Å². The number of likely N-dealkylation sites (tertiary alicyclic amines) is 1. The summed E-state index contributed by atoms with van der Waals surface area (Å²) >= 11 is 6.44.